The Morgan fingerprint density at radius 2 is 1.40 bits per heavy atom. The van der Waals surface area contributed by atoms with Gasteiger partial charge in [-0.1, -0.05) is 27.7 Å². The van der Waals surface area contributed by atoms with Gasteiger partial charge in [0.05, 0.1) is 0 Å². The third kappa shape index (κ3) is 4.31. The van der Waals surface area contributed by atoms with Crippen LogP contribution in [-0.4, -0.2) is 6.98 Å². The quantitative estimate of drug-likeness (QED) is 0.568. The minimum Gasteiger partial charge on any atom is -0.445 e. The first kappa shape index (κ1) is 12.7. The van der Waals surface area contributed by atoms with Crippen LogP contribution in [0.5, 0.6) is 0 Å². The summed E-state index contributed by atoms with van der Waals surface area (Å²) in [6, 6.07) is 0. The van der Waals surface area contributed by atoms with E-state index in [9.17, 15) is 12.9 Å². The Morgan fingerprint density at radius 1 is 1.00 bits per heavy atom. The van der Waals surface area contributed by atoms with Gasteiger partial charge in [-0.15, -0.1) is 11.5 Å². The fourth-order valence-electron chi connectivity index (χ4n) is 3.10. The molecule has 0 nitrogen and oxygen atoms in total. The van der Waals surface area contributed by atoms with Crippen LogP contribution in [0.15, 0.2) is 11.5 Å². The van der Waals surface area contributed by atoms with Crippen molar-refractivity contribution in [1.82, 2.24) is 0 Å². The summed E-state index contributed by atoms with van der Waals surface area (Å²) >= 11 is 0. The zero-order chi connectivity index (χ0) is 11.9. The van der Waals surface area contributed by atoms with Crippen LogP contribution in [0.25, 0.3) is 0 Å². The zero-order valence-corrected chi connectivity index (χ0v) is 9.91. The summed E-state index contributed by atoms with van der Waals surface area (Å²) in [5, 5.41) is 0. The van der Waals surface area contributed by atoms with Gasteiger partial charge in [0.2, 0.25) is 0 Å². The molecule has 0 bridgehead atoms. The van der Waals surface area contributed by atoms with Crippen LogP contribution in [0.4, 0.5) is 12.9 Å². The van der Waals surface area contributed by atoms with E-state index in [1.54, 1.807) is 0 Å². The highest BCUT2D eigenvalue weighted by Crippen LogP contribution is 2.48. The molecule has 0 aliphatic heterocycles. The highest BCUT2D eigenvalue weighted by Gasteiger charge is 2.36. The van der Waals surface area contributed by atoms with Crippen molar-refractivity contribution in [2.24, 2.45) is 10.8 Å². The molecule has 0 aromatic heterocycles. The highest BCUT2D eigenvalue weighted by atomic mass is 19.4. The second-order valence-corrected chi connectivity index (χ2v) is 6.31. The maximum absolute atomic E-state index is 12.3. The number of rotatable bonds is 1. The molecule has 0 unspecified atom stereocenters. The molecule has 0 radical (unpaired) electrons. The summed E-state index contributed by atoms with van der Waals surface area (Å²) < 4.78 is 37.0. The van der Waals surface area contributed by atoms with E-state index in [-0.39, 0.29) is 10.8 Å². The van der Waals surface area contributed by atoms with Crippen LogP contribution >= 0.6 is 0 Å². The van der Waals surface area contributed by atoms with Gasteiger partial charge in [0.15, 0.2) is 0 Å². The number of halogens is 3. The summed E-state index contributed by atoms with van der Waals surface area (Å²) in [7, 11) is 0. The lowest BCUT2D eigenvalue weighted by Gasteiger charge is -2.43. The Labute approximate surface area is 90.0 Å². The summed E-state index contributed by atoms with van der Waals surface area (Å²) in [4.78, 5) is 0. The topological polar surface area (TPSA) is 0 Å². The van der Waals surface area contributed by atoms with Gasteiger partial charge in [-0.2, -0.15) is 0 Å². The summed E-state index contributed by atoms with van der Waals surface area (Å²) in [6.45, 7) is 3.41. The summed E-state index contributed by atoms with van der Waals surface area (Å²) in [5.41, 5.74) is 0.563. The van der Waals surface area contributed by atoms with Crippen LogP contribution in [0.2, 0.25) is 0 Å². The van der Waals surface area contributed by atoms with Gasteiger partial charge < -0.3 is 12.9 Å². The Kier molecular flexibility index (Phi) is 3.01. The lowest BCUT2D eigenvalue weighted by Crippen LogP contribution is -2.31. The van der Waals surface area contributed by atoms with Crippen LogP contribution in [-0.2, 0) is 0 Å². The van der Waals surface area contributed by atoms with Gasteiger partial charge >= 0.3 is 6.98 Å². The number of hydrogen-bond donors (Lipinski definition) is 0. The molecule has 0 saturated heterocycles. The van der Waals surface area contributed by atoms with Crippen molar-refractivity contribution in [2.45, 2.75) is 47.0 Å². The Bertz CT molecular complexity index is 256. The predicted octanol–water partition coefficient (Wildman–Crippen LogP) is 4.54. The van der Waals surface area contributed by atoms with Crippen LogP contribution in [0.1, 0.15) is 47.0 Å². The molecule has 0 aromatic rings. The fourth-order valence-corrected chi connectivity index (χ4v) is 3.10. The highest BCUT2D eigenvalue weighted by molar-refractivity contribution is 6.64. The first-order valence-electron chi connectivity index (χ1n) is 5.40. The van der Waals surface area contributed by atoms with E-state index in [1.165, 1.54) is 0 Å². The van der Waals surface area contributed by atoms with E-state index in [1.807, 2.05) is 27.7 Å². The molecular formula is C11H19BF3-. The van der Waals surface area contributed by atoms with Gasteiger partial charge in [0.1, 0.15) is 0 Å². The van der Waals surface area contributed by atoms with E-state index < -0.39 is 6.98 Å². The average molecular weight is 219 g/mol. The summed E-state index contributed by atoms with van der Waals surface area (Å²) in [6.07, 6.45) is 2.15. The number of allylic oxidation sites excluding steroid dienone is 1. The molecule has 1 aliphatic carbocycles. The third-order valence-corrected chi connectivity index (χ3v) is 2.79. The molecule has 1 fully saturated rings. The van der Waals surface area contributed by atoms with Crippen molar-refractivity contribution in [2.75, 3.05) is 0 Å². The molecule has 0 atom stereocenters. The van der Waals surface area contributed by atoms with E-state index in [0.717, 1.165) is 6.42 Å². The average Bonchev–Trinajstić information content (AvgIpc) is 1.70. The van der Waals surface area contributed by atoms with Crippen molar-refractivity contribution in [3.05, 3.63) is 11.5 Å². The zero-order valence-electron chi connectivity index (χ0n) is 9.91. The lowest BCUT2D eigenvalue weighted by molar-refractivity contribution is 0.154. The molecule has 15 heavy (non-hydrogen) atoms. The van der Waals surface area contributed by atoms with Crippen molar-refractivity contribution in [3.63, 3.8) is 0 Å². The molecule has 1 aliphatic rings. The third-order valence-electron chi connectivity index (χ3n) is 2.79. The fraction of sp³-hybridized carbons (Fsp3) is 0.818. The smallest absolute Gasteiger partial charge is 0.445 e. The standard InChI is InChI=1S/C11H19BF3/c1-10(2)5-9(7-12(13,14)15)6-11(3,4)8-10/h7H,5-6,8H2,1-4H3/q-1. The largest absolute Gasteiger partial charge is 0.502 e. The van der Waals surface area contributed by atoms with Crippen molar-refractivity contribution in [3.8, 4) is 0 Å². The van der Waals surface area contributed by atoms with Crippen molar-refractivity contribution in [1.29, 1.82) is 0 Å². The first-order chi connectivity index (χ1) is 6.49. The van der Waals surface area contributed by atoms with Gasteiger partial charge in [-0.25, -0.2) is 0 Å². The van der Waals surface area contributed by atoms with Crippen LogP contribution in [0.3, 0.4) is 0 Å². The summed E-state index contributed by atoms with van der Waals surface area (Å²) in [5.74, 6) is 0.558. The second-order valence-electron chi connectivity index (χ2n) is 6.31. The van der Waals surface area contributed by atoms with Crippen molar-refractivity contribution < 1.29 is 12.9 Å². The maximum atomic E-state index is 12.3. The maximum Gasteiger partial charge on any atom is 0.502 e. The molecule has 1 rings (SSSR count). The van der Waals surface area contributed by atoms with Crippen molar-refractivity contribution >= 4 is 6.98 Å². The Morgan fingerprint density at radius 3 is 1.73 bits per heavy atom. The normalized spacial score (nSPS) is 25.1. The van der Waals surface area contributed by atoms with E-state index in [4.69, 9.17) is 0 Å². The van der Waals surface area contributed by atoms with Gasteiger partial charge in [0.25, 0.3) is 0 Å². The van der Waals surface area contributed by atoms with Gasteiger partial charge in [0, 0.05) is 0 Å². The van der Waals surface area contributed by atoms with Crippen LogP contribution < -0.4 is 0 Å². The van der Waals surface area contributed by atoms with Crippen LogP contribution in [0, 0.1) is 10.8 Å². The van der Waals surface area contributed by atoms with Gasteiger partial charge in [-0.05, 0) is 30.1 Å². The molecular weight excluding hydrogens is 200 g/mol. The van der Waals surface area contributed by atoms with Gasteiger partial charge in [-0.3, -0.25) is 0 Å². The Balaban J connectivity index is 2.90. The lowest BCUT2D eigenvalue weighted by atomic mass is 9.62. The molecule has 0 amide bonds. The van der Waals surface area contributed by atoms with E-state index >= 15 is 0 Å². The molecule has 0 N–H and O–H groups in total. The first-order valence-corrected chi connectivity index (χ1v) is 5.40. The second kappa shape index (κ2) is 3.57. The molecule has 0 spiro atoms. The van der Waals surface area contributed by atoms with E-state index in [2.05, 4.69) is 0 Å². The SMILES string of the molecule is CC1(C)CC(=C[B-](F)(F)F)CC(C)(C)C1. The molecule has 4 heteroatoms. The Hall–Kier alpha value is -0.405. The molecule has 88 valence electrons. The predicted molar refractivity (Wildman–Crippen MR) is 58.6 cm³/mol. The molecule has 1 saturated carbocycles. The number of hydrogen-bond acceptors (Lipinski definition) is 0. The minimum atomic E-state index is -4.78. The monoisotopic (exact) mass is 219 g/mol. The van der Waals surface area contributed by atoms with E-state index in [0.29, 0.717) is 24.4 Å². The molecule has 0 heterocycles. The molecule has 0 aromatic carbocycles. The minimum absolute atomic E-state index is 0.00505.